The molecule has 1 aromatic rings. The number of nitrogens with zero attached hydrogens (tertiary/aromatic N) is 1. The molecule has 0 fully saturated rings. The molecule has 7 nitrogen and oxygen atoms in total. The zero-order valence-corrected chi connectivity index (χ0v) is 18.9. The van der Waals surface area contributed by atoms with Gasteiger partial charge in [0.15, 0.2) is 5.92 Å². The van der Waals surface area contributed by atoms with Crippen molar-refractivity contribution in [1.29, 1.82) is 5.26 Å². The molecule has 2 rings (SSSR count). The van der Waals surface area contributed by atoms with E-state index in [9.17, 15) is 14.9 Å². The zero-order chi connectivity index (χ0) is 22.1. The first-order valence-electron chi connectivity index (χ1n) is 9.06. The SMILES string of the molecule is CC(C)(C)OC(=O)C1=C(N)Oc2ccc(Br)cc2C1C(C#N)C(=O)OC(C)(C)C. The summed E-state index contributed by atoms with van der Waals surface area (Å²) in [6.45, 7) is 10.2. The molecule has 0 saturated carbocycles. The van der Waals surface area contributed by atoms with Crippen LogP contribution in [0.3, 0.4) is 0 Å². The van der Waals surface area contributed by atoms with Gasteiger partial charge in [0.05, 0.1) is 12.0 Å². The molecule has 0 radical (unpaired) electrons. The van der Waals surface area contributed by atoms with Crippen LogP contribution in [-0.2, 0) is 19.1 Å². The molecule has 1 aliphatic heterocycles. The Morgan fingerprint density at radius 1 is 1.17 bits per heavy atom. The lowest BCUT2D eigenvalue weighted by atomic mass is 9.79. The molecule has 8 heteroatoms. The predicted molar refractivity (Wildman–Crippen MR) is 110 cm³/mol. The van der Waals surface area contributed by atoms with Gasteiger partial charge in [-0.15, -0.1) is 0 Å². The topological polar surface area (TPSA) is 112 Å². The fourth-order valence-corrected chi connectivity index (χ4v) is 3.25. The maximum absolute atomic E-state index is 12.9. The zero-order valence-electron chi connectivity index (χ0n) is 17.3. The summed E-state index contributed by atoms with van der Waals surface area (Å²) >= 11 is 3.38. The number of ether oxygens (including phenoxy) is 3. The van der Waals surface area contributed by atoms with Crippen LogP contribution in [0.5, 0.6) is 5.75 Å². The Bertz CT molecular complexity index is 903. The molecule has 0 saturated heterocycles. The fraction of sp³-hybridized carbons (Fsp3) is 0.476. The van der Waals surface area contributed by atoms with Gasteiger partial charge in [0, 0.05) is 10.0 Å². The number of rotatable bonds is 3. The van der Waals surface area contributed by atoms with Gasteiger partial charge in [-0.05, 0) is 59.7 Å². The highest BCUT2D eigenvalue weighted by Gasteiger charge is 2.44. The number of nitriles is 1. The van der Waals surface area contributed by atoms with E-state index in [1.54, 1.807) is 59.7 Å². The highest BCUT2D eigenvalue weighted by atomic mass is 79.9. The summed E-state index contributed by atoms with van der Waals surface area (Å²) in [5, 5.41) is 9.84. The van der Waals surface area contributed by atoms with E-state index in [0.29, 0.717) is 15.8 Å². The molecule has 2 N–H and O–H groups in total. The number of fused-ring (bicyclic) bond motifs is 1. The predicted octanol–water partition coefficient (Wildman–Crippen LogP) is 3.92. The molecule has 0 aliphatic carbocycles. The third-order valence-corrected chi connectivity index (χ3v) is 4.35. The van der Waals surface area contributed by atoms with Crippen molar-refractivity contribution in [1.82, 2.24) is 0 Å². The number of nitrogens with two attached hydrogens (primary N) is 1. The molecule has 0 amide bonds. The van der Waals surface area contributed by atoms with E-state index in [4.69, 9.17) is 19.9 Å². The first-order chi connectivity index (χ1) is 13.2. The van der Waals surface area contributed by atoms with Crippen LogP contribution in [0.1, 0.15) is 53.0 Å². The number of carbonyl (C=O) groups is 2. The fourth-order valence-electron chi connectivity index (χ4n) is 2.87. The van der Waals surface area contributed by atoms with Crippen molar-refractivity contribution >= 4 is 27.9 Å². The van der Waals surface area contributed by atoms with E-state index in [0.717, 1.165) is 0 Å². The Morgan fingerprint density at radius 3 is 2.28 bits per heavy atom. The second kappa shape index (κ2) is 8.07. The summed E-state index contributed by atoms with van der Waals surface area (Å²) < 4.78 is 17.2. The summed E-state index contributed by atoms with van der Waals surface area (Å²) in [6.07, 6.45) is 0. The molecular formula is C21H25BrN2O5. The Morgan fingerprint density at radius 2 is 1.76 bits per heavy atom. The van der Waals surface area contributed by atoms with Crippen molar-refractivity contribution in [2.24, 2.45) is 11.7 Å². The largest absolute Gasteiger partial charge is 0.459 e. The lowest BCUT2D eigenvalue weighted by molar-refractivity contribution is -0.158. The van der Waals surface area contributed by atoms with Crippen molar-refractivity contribution < 1.29 is 23.8 Å². The molecule has 29 heavy (non-hydrogen) atoms. The van der Waals surface area contributed by atoms with Crippen LogP contribution in [0.4, 0.5) is 0 Å². The average molecular weight is 465 g/mol. The highest BCUT2D eigenvalue weighted by molar-refractivity contribution is 9.10. The van der Waals surface area contributed by atoms with E-state index < -0.39 is 35.0 Å². The number of carbonyl (C=O) groups excluding carboxylic acids is 2. The maximum atomic E-state index is 12.9. The van der Waals surface area contributed by atoms with E-state index in [2.05, 4.69) is 15.9 Å². The van der Waals surface area contributed by atoms with Gasteiger partial charge in [0.25, 0.3) is 0 Å². The minimum Gasteiger partial charge on any atom is -0.459 e. The molecule has 1 aliphatic rings. The van der Waals surface area contributed by atoms with Gasteiger partial charge in [-0.1, -0.05) is 15.9 Å². The summed E-state index contributed by atoms with van der Waals surface area (Å²) in [7, 11) is 0. The van der Waals surface area contributed by atoms with E-state index in [1.165, 1.54) is 0 Å². The molecule has 0 spiro atoms. The number of halogens is 1. The van der Waals surface area contributed by atoms with Gasteiger partial charge < -0.3 is 19.9 Å². The molecule has 2 unspecified atom stereocenters. The second-order valence-electron chi connectivity index (χ2n) is 8.68. The van der Waals surface area contributed by atoms with E-state index in [1.807, 2.05) is 6.07 Å². The molecule has 0 aromatic heterocycles. The Balaban J connectivity index is 2.63. The smallest absolute Gasteiger partial charge is 0.340 e. The maximum Gasteiger partial charge on any atom is 0.340 e. The number of benzene rings is 1. The van der Waals surface area contributed by atoms with Gasteiger partial charge >= 0.3 is 11.9 Å². The molecule has 1 heterocycles. The van der Waals surface area contributed by atoms with Crippen LogP contribution in [0.15, 0.2) is 34.1 Å². The number of esters is 2. The molecule has 1 aromatic carbocycles. The van der Waals surface area contributed by atoms with Crippen molar-refractivity contribution in [2.45, 2.75) is 58.7 Å². The van der Waals surface area contributed by atoms with Crippen molar-refractivity contribution in [2.75, 3.05) is 0 Å². The minimum atomic E-state index is -1.33. The molecular weight excluding hydrogens is 440 g/mol. The van der Waals surface area contributed by atoms with Gasteiger partial charge in [-0.3, -0.25) is 4.79 Å². The van der Waals surface area contributed by atoms with Crippen molar-refractivity contribution in [3.05, 3.63) is 39.7 Å². The summed E-state index contributed by atoms with van der Waals surface area (Å²) in [5.74, 6) is -3.70. The Kier molecular flexibility index (Phi) is 6.33. The summed E-state index contributed by atoms with van der Waals surface area (Å²) in [5.41, 5.74) is 4.82. The standard InChI is InChI=1S/C21H25BrN2O5/c1-20(2,3)28-18(25)13(10-23)15-12-9-11(22)7-8-14(12)27-17(24)16(15)19(26)29-21(4,5)6/h7-9,13,15H,24H2,1-6H3. The summed E-state index contributed by atoms with van der Waals surface area (Å²) in [6, 6.07) is 7.05. The average Bonchev–Trinajstić information content (AvgIpc) is 2.52. The van der Waals surface area contributed by atoms with Crippen LogP contribution >= 0.6 is 15.9 Å². The highest BCUT2D eigenvalue weighted by Crippen LogP contribution is 2.44. The van der Waals surface area contributed by atoms with Gasteiger partial charge in [-0.25, -0.2) is 4.79 Å². The van der Waals surface area contributed by atoms with Crippen molar-refractivity contribution in [3.8, 4) is 11.8 Å². The van der Waals surface area contributed by atoms with Gasteiger partial charge in [-0.2, -0.15) is 5.26 Å². The van der Waals surface area contributed by atoms with Crippen LogP contribution < -0.4 is 10.5 Å². The number of hydrogen-bond acceptors (Lipinski definition) is 7. The van der Waals surface area contributed by atoms with E-state index in [-0.39, 0.29) is 11.5 Å². The van der Waals surface area contributed by atoms with Gasteiger partial charge in [0.2, 0.25) is 5.88 Å². The Hall–Kier alpha value is -2.53. The molecule has 2 atom stereocenters. The second-order valence-corrected chi connectivity index (χ2v) is 9.60. The normalized spacial score (nSPS) is 17.5. The van der Waals surface area contributed by atoms with E-state index >= 15 is 0 Å². The first kappa shape index (κ1) is 22.8. The summed E-state index contributed by atoms with van der Waals surface area (Å²) in [4.78, 5) is 25.8. The van der Waals surface area contributed by atoms with Gasteiger partial charge in [0.1, 0.15) is 22.5 Å². The lowest BCUT2D eigenvalue weighted by Crippen LogP contribution is -2.37. The Labute approximate surface area is 178 Å². The monoisotopic (exact) mass is 464 g/mol. The number of hydrogen-bond donors (Lipinski definition) is 1. The molecule has 0 bridgehead atoms. The first-order valence-corrected chi connectivity index (χ1v) is 9.85. The van der Waals surface area contributed by atoms with Crippen LogP contribution in [0.2, 0.25) is 0 Å². The molecule has 156 valence electrons. The van der Waals surface area contributed by atoms with Crippen LogP contribution in [0, 0.1) is 17.2 Å². The van der Waals surface area contributed by atoms with Crippen LogP contribution in [-0.4, -0.2) is 23.1 Å². The quantitative estimate of drug-likeness (QED) is 0.674. The third kappa shape index (κ3) is 5.51. The van der Waals surface area contributed by atoms with Crippen molar-refractivity contribution in [3.63, 3.8) is 0 Å². The lowest BCUT2D eigenvalue weighted by Gasteiger charge is -2.32. The van der Waals surface area contributed by atoms with Crippen LogP contribution in [0.25, 0.3) is 0 Å². The minimum absolute atomic E-state index is 0.0806. The third-order valence-electron chi connectivity index (χ3n) is 3.86.